The third kappa shape index (κ3) is 3.87. The number of ether oxygens (including phenoxy) is 2. The first-order valence-corrected chi connectivity index (χ1v) is 8.57. The molecule has 8 nitrogen and oxygen atoms in total. The van der Waals surface area contributed by atoms with E-state index in [1.165, 1.54) is 11.3 Å². The van der Waals surface area contributed by atoms with Crippen LogP contribution in [0.15, 0.2) is 18.2 Å². The number of hydrogen-bond acceptors (Lipinski definition) is 7. The fraction of sp³-hybridized carbons (Fsp3) is 0.375. The number of aryl methyl sites for hydroxylation is 1. The van der Waals surface area contributed by atoms with Gasteiger partial charge in [-0.05, 0) is 24.6 Å². The molecule has 0 aliphatic rings. The molecule has 1 amide bonds. The number of carbonyl (C=O) groups excluding carboxylic acids is 1. The molecule has 9 heteroatoms. The van der Waals surface area contributed by atoms with Crippen LogP contribution in [-0.2, 0) is 17.6 Å². The normalized spacial score (nSPS) is 10.8. The van der Waals surface area contributed by atoms with Crippen LogP contribution in [0.5, 0.6) is 11.5 Å². The molecule has 0 radical (unpaired) electrons. The van der Waals surface area contributed by atoms with Crippen molar-refractivity contribution < 1.29 is 14.3 Å². The van der Waals surface area contributed by atoms with E-state index in [1.54, 1.807) is 24.8 Å². The van der Waals surface area contributed by atoms with Gasteiger partial charge in [0.25, 0.3) is 0 Å². The predicted molar refractivity (Wildman–Crippen MR) is 93.4 cm³/mol. The van der Waals surface area contributed by atoms with E-state index in [9.17, 15) is 4.79 Å². The fourth-order valence-corrected chi connectivity index (χ4v) is 3.28. The molecular weight excluding hydrogens is 342 g/mol. The van der Waals surface area contributed by atoms with Crippen LogP contribution in [0.1, 0.15) is 16.4 Å². The van der Waals surface area contributed by atoms with Gasteiger partial charge in [-0.1, -0.05) is 17.4 Å². The van der Waals surface area contributed by atoms with Crippen molar-refractivity contribution >= 4 is 22.2 Å². The average Bonchev–Trinajstić information content (AvgIpc) is 3.16. The molecule has 1 N–H and O–H groups in total. The molecular formula is C16H19N5O3S. The minimum atomic E-state index is -0.0496. The van der Waals surface area contributed by atoms with Crippen LogP contribution < -0.4 is 14.8 Å². The number of amides is 1. The first-order valence-electron chi connectivity index (χ1n) is 7.76. The molecule has 0 spiro atoms. The molecule has 0 aliphatic heterocycles. The van der Waals surface area contributed by atoms with Crippen molar-refractivity contribution in [2.75, 3.05) is 20.8 Å². The Hall–Kier alpha value is -2.68. The minimum Gasteiger partial charge on any atom is -0.493 e. The maximum atomic E-state index is 12.1. The highest BCUT2D eigenvalue weighted by atomic mass is 32.1. The molecule has 0 unspecified atom stereocenters. The summed E-state index contributed by atoms with van der Waals surface area (Å²) >= 11 is 1.48. The summed E-state index contributed by atoms with van der Waals surface area (Å²) in [7, 11) is 3.15. The van der Waals surface area contributed by atoms with Gasteiger partial charge in [0.1, 0.15) is 5.01 Å². The van der Waals surface area contributed by atoms with Crippen molar-refractivity contribution in [1.29, 1.82) is 0 Å². The number of aromatic nitrogens is 4. The summed E-state index contributed by atoms with van der Waals surface area (Å²) in [6.45, 7) is 2.38. The Balaban J connectivity index is 1.52. The van der Waals surface area contributed by atoms with Gasteiger partial charge in [-0.3, -0.25) is 4.79 Å². The molecule has 3 rings (SSSR count). The van der Waals surface area contributed by atoms with Crippen LogP contribution in [0.25, 0.3) is 4.96 Å². The van der Waals surface area contributed by atoms with E-state index < -0.39 is 0 Å². The number of fused-ring (bicyclic) bond motifs is 1. The largest absolute Gasteiger partial charge is 0.493 e. The molecule has 1 aromatic carbocycles. The van der Waals surface area contributed by atoms with Gasteiger partial charge in [0.2, 0.25) is 10.9 Å². The Labute approximate surface area is 148 Å². The maximum absolute atomic E-state index is 12.1. The molecule has 0 aliphatic carbocycles. The Morgan fingerprint density at radius 1 is 1.24 bits per heavy atom. The molecule has 2 aromatic heterocycles. The lowest BCUT2D eigenvalue weighted by molar-refractivity contribution is -0.120. The summed E-state index contributed by atoms with van der Waals surface area (Å²) in [5, 5.41) is 16.2. The highest BCUT2D eigenvalue weighted by molar-refractivity contribution is 7.16. The van der Waals surface area contributed by atoms with Crippen molar-refractivity contribution in [2.45, 2.75) is 19.8 Å². The predicted octanol–water partition coefficient (Wildman–Crippen LogP) is 1.41. The van der Waals surface area contributed by atoms with Crippen LogP contribution in [0.4, 0.5) is 0 Å². The first kappa shape index (κ1) is 17.2. The van der Waals surface area contributed by atoms with Crippen LogP contribution in [-0.4, -0.2) is 46.5 Å². The summed E-state index contributed by atoms with van der Waals surface area (Å²) in [6, 6.07) is 5.46. The smallest absolute Gasteiger partial charge is 0.234 e. The van der Waals surface area contributed by atoms with E-state index in [0.717, 1.165) is 21.4 Å². The quantitative estimate of drug-likeness (QED) is 0.684. The molecule has 0 fully saturated rings. The second kappa shape index (κ2) is 7.47. The molecule has 0 bridgehead atoms. The van der Waals surface area contributed by atoms with E-state index in [1.807, 2.05) is 19.1 Å². The zero-order valence-electron chi connectivity index (χ0n) is 14.3. The third-order valence-electron chi connectivity index (χ3n) is 3.66. The molecule has 0 atom stereocenters. The monoisotopic (exact) mass is 361 g/mol. The Morgan fingerprint density at radius 2 is 2.04 bits per heavy atom. The van der Waals surface area contributed by atoms with Gasteiger partial charge in [-0.25, -0.2) is 0 Å². The molecule has 0 saturated heterocycles. The van der Waals surface area contributed by atoms with Gasteiger partial charge in [0.05, 0.1) is 20.6 Å². The first-order chi connectivity index (χ1) is 12.1. The summed E-state index contributed by atoms with van der Waals surface area (Å²) < 4.78 is 12.2. The number of nitrogens with zero attached hydrogens (tertiary/aromatic N) is 4. The van der Waals surface area contributed by atoms with Crippen LogP contribution in [0.3, 0.4) is 0 Å². The summed E-state index contributed by atoms with van der Waals surface area (Å²) in [6.07, 6.45) is 0.940. The van der Waals surface area contributed by atoms with Crippen molar-refractivity contribution in [3.8, 4) is 11.5 Å². The molecule has 132 valence electrons. The van der Waals surface area contributed by atoms with Gasteiger partial charge in [0.15, 0.2) is 17.3 Å². The lowest BCUT2D eigenvalue weighted by atomic mass is 10.1. The summed E-state index contributed by atoms with van der Waals surface area (Å²) in [5.74, 6) is 1.97. The number of carbonyl (C=O) groups is 1. The van der Waals surface area contributed by atoms with Crippen LogP contribution >= 0.6 is 11.3 Å². The second-order valence-corrected chi connectivity index (χ2v) is 6.44. The van der Waals surface area contributed by atoms with Gasteiger partial charge in [-0.15, -0.1) is 10.2 Å². The molecule has 2 heterocycles. The second-order valence-electron chi connectivity index (χ2n) is 5.40. The Bertz CT molecular complexity index is 889. The highest BCUT2D eigenvalue weighted by Crippen LogP contribution is 2.27. The number of benzene rings is 1. The standard InChI is InChI=1S/C16H19N5O3S/c1-10-18-19-16-21(10)20-15(25-16)6-7-17-14(22)9-11-4-5-12(23-2)13(8-11)24-3/h4-5,8H,6-7,9H2,1-3H3,(H,17,22). The zero-order valence-corrected chi connectivity index (χ0v) is 15.1. The number of methoxy groups -OCH3 is 2. The van der Waals surface area contributed by atoms with E-state index in [-0.39, 0.29) is 12.3 Å². The van der Waals surface area contributed by atoms with Gasteiger partial charge < -0.3 is 14.8 Å². The molecule has 0 saturated carbocycles. The lowest BCUT2D eigenvalue weighted by Crippen LogP contribution is -2.27. The third-order valence-corrected chi connectivity index (χ3v) is 4.62. The van der Waals surface area contributed by atoms with Crippen molar-refractivity contribution in [2.24, 2.45) is 0 Å². The zero-order chi connectivity index (χ0) is 17.8. The molecule has 3 aromatic rings. The molecule has 25 heavy (non-hydrogen) atoms. The number of nitrogens with one attached hydrogen (secondary N) is 1. The van der Waals surface area contributed by atoms with E-state index in [0.29, 0.717) is 24.5 Å². The average molecular weight is 361 g/mol. The van der Waals surface area contributed by atoms with Crippen molar-refractivity contribution in [3.63, 3.8) is 0 Å². The van der Waals surface area contributed by atoms with Gasteiger partial charge in [0, 0.05) is 13.0 Å². The van der Waals surface area contributed by atoms with E-state index in [4.69, 9.17) is 9.47 Å². The summed E-state index contributed by atoms with van der Waals surface area (Å²) in [4.78, 5) is 12.9. The maximum Gasteiger partial charge on any atom is 0.234 e. The Morgan fingerprint density at radius 3 is 2.76 bits per heavy atom. The van der Waals surface area contributed by atoms with E-state index >= 15 is 0 Å². The van der Waals surface area contributed by atoms with Gasteiger partial charge in [-0.2, -0.15) is 9.61 Å². The van der Waals surface area contributed by atoms with E-state index in [2.05, 4.69) is 20.6 Å². The summed E-state index contributed by atoms with van der Waals surface area (Å²) in [5.41, 5.74) is 0.865. The number of hydrogen-bond donors (Lipinski definition) is 1. The highest BCUT2D eigenvalue weighted by Gasteiger charge is 2.10. The van der Waals surface area contributed by atoms with Crippen molar-refractivity contribution in [3.05, 3.63) is 34.6 Å². The van der Waals surface area contributed by atoms with Crippen LogP contribution in [0, 0.1) is 6.92 Å². The van der Waals surface area contributed by atoms with Gasteiger partial charge >= 0.3 is 0 Å². The lowest BCUT2D eigenvalue weighted by Gasteiger charge is -2.09. The topological polar surface area (TPSA) is 90.6 Å². The van der Waals surface area contributed by atoms with Crippen LogP contribution in [0.2, 0.25) is 0 Å². The minimum absolute atomic E-state index is 0.0496. The Kier molecular flexibility index (Phi) is 5.13. The SMILES string of the molecule is COc1ccc(CC(=O)NCCc2nn3c(C)nnc3s2)cc1OC. The fourth-order valence-electron chi connectivity index (χ4n) is 2.40. The number of rotatable bonds is 7. The van der Waals surface area contributed by atoms with Crippen molar-refractivity contribution in [1.82, 2.24) is 25.1 Å².